The van der Waals surface area contributed by atoms with Crippen LogP contribution in [0.5, 0.6) is 0 Å². The first kappa shape index (κ1) is 23.9. The van der Waals surface area contributed by atoms with Crippen molar-refractivity contribution in [3.63, 3.8) is 0 Å². The van der Waals surface area contributed by atoms with E-state index in [0.717, 1.165) is 17.7 Å². The van der Waals surface area contributed by atoms with E-state index in [1.165, 1.54) is 14.2 Å². The molecule has 0 radical (unpaired) electrons. The van der Waals surface area contributed by atoms with E-state index < -0.39 is 17.7 Å². The number of carbonyl (C=O) groups is 1. The highest BCUT2D eigenvalue weighted by atomic mass is 19.4. The minimum absolute atomic E-state index is 0.0403. The second kappa shape index (κ2) is 10.1. The lowest BCUT2D eigenvalue weighted by molar-refractivity contribution is -0.137. The van der Waals surface area contributed by atoms with Crippen LogP contribution in [0.3, 0.4) is 0 Å². The third-order valence-electron chi connectivity index (χ3n) is 4.46. The Bertz CT molecular complexity index is 1010. The second-order valence-electron chi connectivity index (χ2n) is 6.75. The summed E-state index contributed by atoms with van der Waals surface area (Å²) in [5, 5.41) is 7.71. The molecule has 0 N–H and O–H groups in total. The third kappa shape index (κ3) is 6.07. The molecule has 0 aliphatic heterocycles. The molecule has 2 aromatic rings. The first-order chi connectivity index (χ1) is 14.6. The molecule has 0 unspecified atom stereocenters. The molecular formula is C22H23F3N2O4. The highest BCUT2D eigenvalue weighted by Crippen LogP contribution is 2.30. The van der Waals surface area contributed by atoms with E-state index in [-0.39, 0.29) is 18.0 Å². The van der Waals surface area contributed by atoms with E-state index in [9.17, 15) is 18.0 Å². The van der Waals surface area contributed by atoms with Gasteiger partial charge < -0.3 is 14.4 Å². The van der Waals surface area contributed by atoms with Crippen LogP contribution in [0.15, 0.2) is 46.7 Å². The van der Waals surface area contributed by atoms with Crippen LogP contribution in [0.25, 0.3) is 0 Å². The Morgan fingerprint density at radius 3 is 2.39 bits per heavy atom. The number of nitrogens with zero attached hydrogens (tertiary/aromatic N) is 2. The molecule has 2 rings (SSSR count). The van der Waals surface area contributed by atoms with Crippen molar-refractivity contribution in [2.45, 2.75) is 33.6 Å². The Balaban J connectivity index is 2.32. The van der Waals surface area contributed by atoms with Crippen LogP contribution in [0.1, 0.15) is 40.3 Å². The molecule has 9 heteroatoms. The number of ether oxygens (including phenoxy) is 1. The first-order valence-electron chi connectivity index (χ1n) is 9.22. The summed E-state index contributed by atoms with van der Waals surface area (Å²) in [4.78, 5) is 22.3. The summed E-state index contributed by atoms with van der Waals surface area (Å²) in [5.74, 6) is -0.687. The number of aryl methyl sites for hydroxylation is 2. The summed E-state index contributed by atoms with van der Waals surface area (Å²) in [6.45, 7) is 4.91. The summed E-state index contributed by atoms with van der Waals surface area (Å²) < 4.78 is 44.0. The molecule has 0 heterocycles. The van der Waals surface area contributed by atoms with Gasteiger partial charge in [0.2, 0.25) is 0 Å². The minimum Gasteiger partial charge on any atom is -0.464 e. The van der Waals surface area contributed by atoms with Gasteiger partial charge in [-0.3, -0.25) is 0 Å². The Morgan fingerprint density at radius 2 is 1.77 bits per heavy atom. The fraction of sp³-hybridized carbons (Fsp3) is 0.318. The average Bonchev–Trinajstić information content (AvgIpc) is 2.71. The maximum atomic E-state index is 13.1. The number of esters is 1. The van der Waals surface area contributed by atoms with Gasteiger partial charge in [-0.2, -0.15) is 13.2 Å². The SMILES string of the molecule is CO/N=C(/C(=O)OC)c1cccc(C)c1CO/N=C(\C)c1cc(C)cc(C(F)(F)F)c1. The maximum absolute atomic E-state index is 13.1. The Labute approximate surface area is 178 Å². The zero-order valence-electron chi connectivity index (χ0n) is 17.8. The lowest BCUT2D eigenvalue weighted by atomic mass is 9.99. The number of halogens is 3. The van der Waals surface area contributed by atoms with E-state index in [4.69, 9.17) is 14.4 Å². The molecule has 166 valence electrons. The normalized spacial score (nSPS) is 12.5. The largest absolute Gasteiger partial charge is 0.464 e. The lowest BCUT2D eigenvalue weighted by Gasteiger charge is -2.13. The maximum Gasteiger partial charge on any atom is 0.416 e. The number of methoxy groups -OCH3 is 1. The van der Waals surface area contributed by atoms with Gasteiger partial charge in [0, 0.05) is 11.1 Å². The van der Waals surface area contributed by atoms with Gasteiger partial charge >= 0.3 is 12.1 Å². The Morgan fingerprint density at radius 1 is 1.06 bits per heavy atom. The Hall–Kier alpha value is -3.36. The molecule has 0 amide bonds. The van der Waals surface area contributed by atoms with Gasteiger partial charge in [-0.1, -0.05) is 34.6 Å². The highest BCUT2D eigenvalue weighted by Gasteiger charge is 2.31. The zero-order valence-corrected chi connectivity index (χ0v) is 17.8. The fourth-order valence-electron chi connectivity index (χ4n) is 2.90. The van der Waals surface area contributed by atoms with Crippen LogP contribution in [-0.4, -0.2) is 31.6 Å². The van der Waals surface area contributed by atoms with Gasteiger partial charge in [-0.15, -0.1) is 0 Å². The van der Waals surface area contributed by atoms with E-state index in [1.807, 2.05) is 13.0 Å². The molecule has 0 aliphatic carbocycles. The molecule has 0 aliphatic rings. The standard InChI is InChI=1S/C22H23F3N2O4/c1-13-9-16(11-17(10-13)22(23,24)25)15(3)26-31-12-19-14(2)7-6-8-18(19)20(27-30-5)21(28)29-4/h6-11H,12H2,1-5H3/b26-15+,27-20+. The van der Waals surface area contributed by atoms with Gasteiger partial charge in [0.25, 0.3) is 0 Å². The molecule has 31 heavy (non-hydrogen) atoms. The van der Waals surface area contributed by atoms with Crippen molar-refractivity contribution >= 4 is 17.4 Å². The molecule has 0 fully saturated rings. The predicted octanol–water partition coefficient (Wildman–Crippen LogP) is 4.79. The number of benzene rings is 2. The highest BCUT2D eigenvalue weighted by molar-refractivity contribution is 6.43. The molecule has 6 nitrogen and oxygen atoms in total. The van der Waals surface area contributed by atoms with Crippen LogP contribution in [-0.2, 0) is 32.0 Å². The summed E-state index contributed by atoms with van der Waals surface area (Å²) in [7, 11) is 2.53. The molecule has 0 saturated carbocycles. The molecule has 0 atom stereocenters. The molecule has 2 aromatic carbocycles. The minimum atomic E-state index is -4.46. The zero-order chi connectivity index (χ0) is 23.2. The summed E-state index contributed by atoms with van der Waals surface area (Å²) >= 11 is 0. The van der Waals surface area contributed by atoms with Gasteiger partial charge in [-0.05, 0) is 49.6 Å². The van der Waals surface area contributed by atoms with Crippen LogP contribution in [0.4, 0.5) is 13.2 Å². The number of carbonyl (C=O) groups excluding carboxylic acids is 1. The summed E-state index contributed by atoms with van der Waals surface area (Å²) in [6, 6.07) is 8.90. The molecule has 0 saturated heterocycles. The van der Waals surface area contributed by atoms with Gasteiger partial charge in [0.15, 0.2) is 5.71 Å². The van der Waals surface area contributed by atoms with Crippen molar-refractivity contribution in [2.75, 3.05) is 14.2 Å². The van der Waals surface area contributed by atoms with Crippen molar-refractivity contribution in [2.24, 2.45) is 10.3 Å². The smallest absolute Gasteiger partial charge is 0.416 e. The van der Waals surface area contributed by atoms with Crippen LogP contribution < -0.4 is 0 Å². The monoisotopic (exact) mass is 436 g/mol. The quantitative estimate of drug-likeness (QED) is 0.356. The number of hydrogen-bond acceptors (Lipinski definition) is 6. The van der Waals surface area contributed by atoms with Crippen molar-refractivity contribution in [1.29, 1.82) is 0 Å². The lowest BCUT2D eigenvalue weighted by Crippen LogP contribution is -2.20. The number of oxime groups is 2. The Kier molecular flexibility index (Phi) is 7.79. The predicted molar refractivity (Wildman–Crippen MR) is 110 cm³/mol. The fourth-order valence-corrected chi connectivity index (χ4v) is 2.90. The number of rotatable bonds is 7. The first-order valence-corrected chi connectivity index (χ1v) is 9.22. The van der Waals surface area contributed by atoms with Crippen molar-refractivity contribution in [3.05, 3.63) is 69.8 Å². The van der Waals surface area contributed by atoms with Gasteiger partial charge in [-0.25, -0.2) is 4.79 Å². The molecule has 0 aromatic heterocycles. The van der Waals surface area contributed by atoms with Crippen molar-refractivity contribution in [1.82, 2.24) is 0 Å². The van der Waals surface area contributed by atoms with Crippen molar-refractivity contribution < 1.29 is 32.4 Å². The average molecular weight is 436 g/mol. The summed E-state index contributed by atoms with van der Waals surface area (Å²) in [6.07, 6.45) is -4.46. The molecular weight excluding hydrogens is 413 g/mol. The van der Waals surface area contributed by atoms with Gasteiger partial charge in [0.05, 0.1) is 18.4 Å². The van der Waals surface area contributed by atoms with Crippen LogP contribution >= 0.6 is 0 Å². The van der Waals surface area contributed by atoms with Crippen molar-refractivity contribution in [3.8, 4) is 0 Å². The molecule has 0 spiro atoms. The number of alkyl halides is 3. The van der Waals surface area contributed by atoms with E-state index in [1.54, 1.807) is 32.0 Å². The van der Waals surface area contributed by atoms with Crippen LogP contribution in [0, 0.1) is 13.8 Å². The third-order valence-corrected chi connectivity index (χ3v) is 4.46. The second-order valence-corrected chi connectivity index (χ2v) is 6.75. The van der Waals surface area contributed by atoms with Crippen LogP contribution in [0.2, 0.25) is 0 Å². The van der Waals surface area contributed by atoms with E-state index in [0.29, 0.717) is 22.3 Å². The summed E-state index contributed by atoms with van der Waals surface area (Å²) in [5.41, 5.74) is 2.10. The van der Waals surface area contributed by atoms with E-state index >= 15 is 0 Å². The van der Waals surface area contributed by atoms with Gasteiger partial charge in [0.1, 0.15) is 13.7 Å². The van der Waals surface area contributed by atoms with E-state index in [2.05, 4.69) is 10.3 Å². The topological polar surface area (TPSA) is 69.5 Å². The number of hydrogen-bond donors (Lipinski definition) is 0. The molecule has 0 bridgehead atoms.